The van der Waals surface area contributed by atoms with Crippen LogP contribution in [0.25, 0.3) is 0 Å². The number of nitrogens with one attached hydrogen (secondary N) is 1. The first-order chi connectivity index (χ1) is 7.81. The topological polar surface area (TPSA) is 12.0 Å². The van der Waals surface area contributed by atoms with Gasteiger partial charge in [0.2, 0.25) is 0 Å². The molecular weight excluding hydrogens is 206 g/mol. The average molecular weight is 231 g/mol. The van der Waals surface area contributed by atoms with Crippen molar-refractivity contribution in [2.24, 2.45) is 0 Å². The molecule has 1 aliphatic rings. The molecule has 0 amide bonds. The Bertz CT molecular complexity index is 410. The molecule has 0 saturated heterocycles. The van der Waals surface area contributed by atoms with Crippen LogP contribution in [0.3, 0.4) is 0 Å². The summed E-state index contributed by atoms with van der Waals surface area (Å²) < 4.78 is 0. The minimum Gasteiger partial charge on any atom is -0.385 e. The van der Waals surface area contributed by atoms with Gasteiger partial charge in [-0.2, -0.15) is 0 Å². The molecule has 0 saturated carbocycles. The van der Waals surface area contributed by atoms with Crippen LogP contribution in [0.4, 0.5) is 5.69 Å². The summed E-state index contributed by atoms with van der Waals surface area (Å²) in [5, 5.41) is 3.59. The van der Waals surface area contributed by atoms with E-state index in [1.165, 1.54) is 29.7 Å². The molecule has 1 aliphatic heterocycles. The van der Waals surface area contributed by atoms with E-state index >= 15 is 0 Å². The van der Waals surface area contributed by atoms with Gasteiger partial charge in [0.25, 0.3) is 0 Å². The van der Waals surface area contributed by atoms with Crippen LogP contribution >= 0.6 is 0 Å². The van der Waals surface area contributed by atoms with E-state index in [0.717, 1.165) is 6.54 Å². The third-order valence-corrected chi connectivity index (χ3v) is 3.91. The third-order valence-electron chi connectivity index (χ3n) is 3.91. The van der Waals surface area contributed by atoms with Crippen LogP contribution in [0.15, 0.2) is 18.2 Å². The Hall–Kier alpha value is -0.980. The number of hydrogen-bond donors (Lipinski definition) is 1. The van der Waals surface area contributed by atoms with Gasteiger partial charge in [-0.15, -0.1) is 0 Å². The molecule has 1 aromatic rings. The fourth-order valence-corrected chi connectivity index (χ4v) is 2.64. The van der Waals surface area contributed by atoms with E-state index < -0.39 is 0 Å². The van der Waals surface area contributed by atoms with Crippen molar-refractivity contribution < 1.29 is 0 Å². The summed E-state index contributed by atoms with van der Waals surface area (Å²) in [5.74, 6) is 0. The maximum Gasteiger partial charge on any atom is 0.0381 e. The standard InChI is InChI=1S/C16H25N/c1-15(2,3)12-7-8-13-14(11-12)17-10-6-9-16(13,4)5/h7-8,11,17H,6,9-10H2,1-5H3. The first-order valence-electron chi connectivity index (χ1n) is 6.70. The molecule has 0 atom stereocenters. The largest absolute Gasteiger partial charge is 0.385 e. The minimum atomic E-state index is 0.229. The van der Waals surface area contributed by atoms with Crippen molar-refractivity contribution in [1.29, 1.82) is 0 Å². The van der Waals surface area contributed by atoms with Gasteiger partial charge in [0.1, 0.15) is 0 Å². The van der Waals surface area contributed by atoms with Gasteiger partial charge in [-0.3, -0.25) is 0 Å². The van der Waals surface area contributed by atoms with Gasteiger partial charge in [0, 0.05) is 12.2 Å². The van der Waals surface area contributed by atoms with Crippen molar-refractivity contribution in [2.45, 2.75) is 58.3 Å². The Morgan fingerprint density at radius 1 is 1.18 bits per heavy atom. The fourth-order valence-electron chi connectivity index (χ4n) is 2.64. The minimum absolute atomic E-state index is 0.229. The van der Waals surface area contributed by atoms with E-state index in [1.54, 1.807) is 0 Å². The lowest BCUT2D eigenvalue weighted by Crippen LogP contribution is -2.18. The number of hydrogen-bond acceptors (Lipinski definition) is 1. The Balaban J connectivity index is 2.49. The van der Waals surface area contributed by atoms with Crippen molar-refractivity contribution in [3.8, 4) is 0 Å². The first kappa shape index (κ1) is 12.5. The Labute approximate surface area is 106 Å². The Morgan fingerprint density at radius 2 is 1.88 bits per heavy atom. The summed E-state index contributed by atoms with van der Waals surface area (Å²) in [6, 6.07) is 6.98. The summed E-state index contributed by atoms with van der Waals surface area (Å²) in [5.41, 5.74) is 4.77. The molecule has 1 N–H and O–H groups in total. The fraction of sp³-hybridized carbons (Fsp3) is 0.625. The molecule has 0 aromatic heterocycles. The maximum atomic E-state index is 3.59. The number of fused-ring (bicyclic) bond motifs is 1. The third kappa shape index (κ3) is 2.48. The molecule has 0 unspecified atom stereocenters. The van der Waals surface area contributed by atoms with Gasteiger partial charge in [-0.1, -0.05) is 46.8 Å². The molecule has 2 rings (SSSR count). The molecular formula is C16H25N. The lowest BCUT2D eigenvalue weighted by molar-refractivity contribution is 0.478. The highest BCUT2D eigenvalue weighted by molar-refractivity contribution is 5.58. The molecule has 1 nitrogen and oxygen atoms in total. The van der Waals surface area contributed by atoms with Gasteiger partial charge in [-0.25, -0.2) is 0 Å². The number of anilines is 1. The van der Waals surface area contributed by atoms with Crippen LogP contribution in [-0.4, -0.2) is 6.54 Å². The molecule has 94 valence electrons. The molecule has 0 radical (unpaired) electrons. The molecule has 0 fully saturated rings. The summed E-state index contributed by atoms with van der Waals surface area (Å²) >= 11 is 0. The monoisotopic (exact) mass is 231 g/mol. The Morgan fingerprint density at radius 3 is 2.53 bits per heavy atom. The first-order valence-corrected chi connectivity index (χ1v) is 6.70. The van der Waals surface area contributed by atoms with E-state index in [0.29, 0.717) is 5.41 Å². The smallest absolute Gasteiger partial charge is 0.0381 e. The zero-order valence-electron chi connectivity index (χ0n) is 11.9. The highest BCUT2D eigenvalue weighted by atomic mass is 14.9. The average Bonchev–Trinajstić information content (AvgIpc) is 2.36. The lowest BCUT2D eigenvalue weighted by Gasteiger charge is -2.27. The van der Waals surface area contributed by atoms with Gasteiger partial charge in [0.15, 0.2) is 0 Å². The second-order valence-corrected chi connectivity index (χ2v) is 6.92. The predicted molar refractivity (Wildman–Crippen MR) is 75.9 cm³/mol. The second-order valence-electron chi connectivity index (χ2n) is 6.92. The molecule has 1 heterocycles. The molecule has 0 spiro atoms. The quantitative estimate of drug-likeness (QED) is 0.694. The summed E-state index contributed by atoms with van der Waals surface area (Å²) in [6.45, 7) is 12.6. The molecule has 1 heteroatoms. The van der Waals surface area contributed by atoms with E-state index in [-0.39, 0.29) is 5.41 Å². The van der Waals surface area contributed by atoms with Crippen LogP contribution in [0, 0.1) is 0 Å². The molecule has 0 aliphatic carbocycles. The maximum absolute atomic E-state index is 3.59. The summed E-state index contributed by atoms with van der Waals surface area (Å²) in [6.07, 6.45) is 2.52. The molecule has 17 heavy (non-hydrogen) atoms. The molecule has 1 aromatic carbocycles. The van der Waals surface area contributed by atoms with Crippen molar-refractivity contribution in [3.05, 3.63) is 29.3 Å². The summed E-state index contributed by atoms with van der Waals surface area (Å²) in [7, 11) is 0. The van der Waals surface area contributed by atoms with Crippen LogP contribution in [0.5, 0.6) is 0 Å². The van der Waals surface area contributed by atoms with Crippen LogP contribution in [-0.2, 0) is 10.8 Å². The predicted octanol–water partition coefficient (Wildman–Crippen LogP) is 4.47. The zero-order valence-corrected chi connectivity index (χ0v) is 11.9. The van der Waals surface area contributed by atoms with Gasteiger partial charge >= 0.3 is 0 Å². The van der Waals surface area contributed by atoms with Crippen molar-refractivity contribution in [2.75, 3.05) is 11.9 Å². The van der Waals surface area contributed by atoms with Gasteiger partial charge < -0.3 is 5.32 Å². The van der Waals surface area contributed by atoms with Crippen LogP contribution in [0.1, 0.15) is 58.6 Å². The highest BCUT2D eigenvalue weighted by Crippen LogP contribution is 2.38. The number of benzene rings is 1. The van der Waals surface area contributed by atoms with Crippen LogP contribution in [0.2, 0.25) is 0 Å². The van der Waals surface area contributed by atoms with Crippen molar-refractivity contribution in [3.63, 3.8) is 0 Å². The Kier molecular flexibility index (Phi) is 2.97. The zero-order chi connectivity index (χ0) is 12.7. The highest BCUT2D eigenvalue weighted by Gasteiger charge is 2.26. The lowest BCUT2D eigenvalue weighted by atomic mass is 9.78. The van der Waals surface area contributed by atoms with Crippen LogP contribution < -0.4 is 5.32 Å². The molecule has 0 bridgehead atoms. The van der Waals surface area contributed by atoms with Gasteiger partial charge in [0.05, 0.1) is 0 Å². The SMILES string of the molecule is CC(C)(C)c1ccc2c(c1)NCCCC2(C)C. The van der Waals surface area contributed by atoms with E-state index in [1.807, 2.05) is 0 Å². The van der Waals surface area contributed by atoms with E-state index in [4.69, 9.17) is 0 Å². The summed E-state index contributed by atoms with van der Waals surface area (Å²) in [4.78, 5) is 0. The number of rotatable bonds is 0. The van der Waals surface area contributed by atoms with Crippen molar-refractivity contribution in [1.82, 2.24) is 0 Å². The van der Waals surface area contributed by atoms with Crippen molar-refractivity contribution >= 4 is 5.69 Å². The normalized spacial score (nSPS) is 19.1. The van der Waals surface area contributed by atoms with E-state index in [9.17, 15) is 0 Å². The second kappa shape index (κ2) is 4.04. The van der Waals surface area contributed by atoms with E-state index in [2.05, 4.69) is 58.1 Å². The van der Waals surface area contributed by atoms with Gasteiger partial charge in [-0.05, 0) is 40.9 Å².